The van der Waals surface area contributed by atoms with Crippen LogP contribution in [-0.4, -0.2) is 77.5 Å². The third kappa shape index (κ3) is 7.46. The van der Waals surface area contributed by atoms with E-state index in [1.165, 1.54) is 11.0 Å². The Labute approximate surface area is 287 Å². The summed E-state index contributed by atoms with van der Waals surface area (Å²) < 4.78 is 34.0. The molecule has 2 aromatic rings. The summed E-state index contributed by atoms with van der Waals surface area (Å²) in [6.45, 7) is 9.39. The molecule has 1 aromatic heterocycles. The van der Waals surface area contributed by atoms with E-state index in [2.05, 4.69) is 39.1 Å². The predicted octanol–water partition coefficient (Wildman–Crippen LogP) is 3.29. The number of amides is 4. The van der Waals surface area contributed by atoms with Crippen molar-refractivity contribution >= 4 is 44.4 Å². The molecule has 3 fully saturated rings. The first kappa shape index (κ1) is 34.8. The number of rotatable bonds is 6. The van der Waals surface area contributed by atoms with Crippen molar-refractivity contribution in [2.24, 2.45) is 11.3 Å². The Morgan fingerprint density at radius 2 is 1.84 bits per heavy atom. The van der Waals surface area contributed by atoms with Crippen LogP contribution in [0, 0.1) is 11.3 Å². The fourth-order valence-corrected chi connectivity index (χ4v) is 8.37. The van der Waals surface area contributed by atoms with Crippen LogP contribution >= 0.6 is 0 Å². The van der Waals surface area contributed by atoms with E-state index in [-0.39, 0.29) is 31.7 Å². The Hall–Kier alpha value is -4.00. The van der Waals surface area contributed by atoms with Gasteiger partial charge in [0.1, 0.15) is 23.7 Å². The molecule has 2 aliphatic heterocycles. The molecular formula is C36H47N5O7S. The fourth-order valence-electron chi connectivity index (χ4n) is 7.01. The highest BCUT2D eigenvalue weighted by Crippen LogP contribution is 2.45. The predicted molar refractivity (Wildman–Crippen MR) is 184 cm³/mol. The molecule has 0 unspecified atom stereocenters. The van der Waals surface area contributed by atoms with Gasteiger partial charge in [0, 0.05) is 30.3 Å². The lowest BCUT2D eigenvalue weighted by Crippen LogP contribution is -2.60. The quantitative estimate of drug-likeness (QED) is 0.388. The molecule has 1 aromatic carbocycles. The summed E-state index contributed by atoms with van der Waals surface area (Å²) in [5.41, 5.74) is -1.05. The van der Waals surface area contributed by atoms with Crippen LogP contribution in [0.5, 0.6) is 5.88 Å². The number of fused-ring (bicyclic) bond motifs is 3. The normalized spacial score (nSPS) is 28.2. The number of nitrogens with one attached hydrogen (secondary N) is 3. The second kappa shape index (κ2) is 13.4. The van der Waals surface area contributed by atoms with Crippen molar-refractivity contribution < 1.29 is 32.3 Å². The van der Waals surface area contributed by atoms with Gasteiger partial charge in [-0.25, -0.2) is 13.4 Å². The van der Waals surface area contributed by atoms with Gasteiger partial charge in [0.05, 0.1) is 11.8 Å². The first-order valence-electron chi connectivity index (χ1n) is 17.4. The van der Waals surface area contributed by atoms with Crippen LogP contribution in [0.4, 0.5) is 0 Å². The number of ether oxygens (including phenoxy) is 1. The molecule has 4 bridgehead atoms. The van der Waals surface area contributed by atoms with Gasteiger partial charge in [-0.1, -0.05) is 51.8 Å². The number of carbonyl (C=O) groups excluding carboxylic acids is 4. The summed E-state index contributed by atoms with van der Waals surface area (Å²) in [6.07, 6.45) is 8.45. The number of nitrogens with zero attached hydrogens (tertiary/aromatic N) is 2. The lowest BCUT2D eigenvalue weighted by Gasteiger charge is -2.35. The van der Waals surface area contributed by atoms with Crippen molar-refractivity contribution in [2.45, 2.75) is 114 Å². The van der Waals surface area contributed by atoms with Crippen molar-refractivity contribution in [1.82, 2.24) is 25.2 Å². The van der Waals surface area contributed by atoms with Gasteiger partial charge >= 0.3 is 0 Å². The van der Waals surface area contributed by atoms with Gasteiger partial charge < -0.3 is 20.3 Å². The summed E-state index contributed by atoms with van der Waals surface area (Å²) in [5.74, 6) is -2.18. The minimum atomic E-state index is -3.87. The van der Waals surface area contributed by atoms with E-state index in [1.54, 1.807) is 6.20 Å². The standard InChI is InChI=1S/C36H47N5O7S/c1-5-24-20-36(24,34(45)40-49(46,47)26-14-15-26)39-31(43)28-19-25-21-41(28)33(44)30(35(2,3)4)38-29(42)11-9-7-6-8-10-22-12-13-23-16-17-37-32(48-25)27(23)18-22/h5,12-13,16-18,24-26,28,30H,1,6-11,14-15,19-21H2,2-4H3,(H,38,42)(H,39,43)(H,40,45)/t24-,25-,28+,30-,36-/m1/s1. The van der Waals surface area contributed by atoms with Gasteiger partial charge in [0.15, 0.2) is 0 Å². The highest BCUT2D eigenvalue weighted by Gasteiger charge is 2.62. The van der Waals surface area contributed by atoms with E-state index in [0.717, 1.165) is 42.0 Å². The topological polar surface area (TPSA) is 164 Å². The van der Waals surface area contributed by atoms with Gasteiger partial charge in [-0.2, -0.15) is 0 Å². The number of aromatic nitrogens is 1. The molecule has 49 heavy (non-hydrogen) atoms. The molecule has 5 atom stereocenters. The molecular weight excluding hydrogens is 646 g/mol. The summed E-state index contributed by atoms with van der Waals surface area (Å²) in [5, 5.41) is 6.95. The summed E-state index contributed by atoms with van der Waals surface area (Å²) in [7, 11) is -3.87. The minimum Gasteiger partial charge on any atom is -0.472 e. The van der Waals surface area contributed by atoms with Crippen molar-refractivity contribution in [3.8, 4) is 5.88 Å². The lowest BCUT2D eigenvalue weighted by molar-refractivity contribution is -0.144. The smallest absolute Gasteiger partial charge is 0.259 e. The number of hydrogen-bond acceptors (Lipinski definition) is 8. The number of pyridine rings is 1. The number of aryl methyl sites for hydroxylation is 1. The number of benzene rings is 1. The largest absolute Gasteiger partial charge is 0.472 e. The van der Waals surface area contributed by atoms with Crippen molar-refractivity contribution in [3.05, 3.63) is 48.7 Å². The molecule has 13 heteroatoms. The van der Waals surface area contributed by atoms with Crippen LogP contribution in [-0.2, 0) is 35.6 Å². The Bertz CT molecular complexity index is 1770. The molecule has 1 saturated heterocycles. The lowest BCUT2D eigenvalue weighted by atomic mass is 9.85. The maximum atomic E-state index is 14.4. The highest BCUT2D eigenvalue weighted by molar-refractivity contribution is 7.91. The van der Waals surface area contributed by atoms with Crippen LogP contribution in [0.3, 0.4) is 0 Å². The third-order valence-electron chi connectivity index (χ3n) is 10.2. The molecule has 4 amide bonds. The first-order valence-corrected chi connectivity index (χ1v) is 18.9. The number of carbonyl (C=O) groups is 4. The van der Waals surface area contributed by atoms with E-state index >= 15 is 0 Å². The van der Waals surface area contributed by atoms with Crippen LogP contribution in [0.25, 0.3) is 10.8 Å². The van der Waals surface area contributed by atoms with E-state index in [0.29, 0.717) is 25.1 Å². The molecule has 12 nitrogen and oxygen atoms in total. The maximum absolute atomic E-state index is 14.4. The molecule has 3 N–H and O–H groups in total. The minimum absolute atomic E-state index is 0.0390. The van der Waals surface area contributed by atoms with Gasteiger partial charge in [0.2, 0.25) is 33.6 Å². The first-order chi connectivity index (χ1) is 23.2. The number of sulfonamides is 1. The van der Waals surface area contributed by atoms with Crippen molar-refractivity contribution in [1.29, 1.82) is 0 Å². The van der Waals surface area contributed by atoms with Crippen molar-refractivity contribution in [2.75, 3.05) is 6.54 Å². The van der Waals surface area contributed by atoms with Crippen LogP contribution < -0.4 is 20.1 Å². The zero-order valence-corrected chi connectivity index (χ0v) is 29.3. The van der Waals surface area contributed by atoms with E-state index in [4.69, 9.17) is 4.74 Å². The third-order valence-corrected chi connectivity index (χ3v) is 12.0. The zero-order valence-electron chi connectivity index (χ0n) is 28.5. The monoisotopic (exact) mass is 693 g/mol. The molecule has 3 heterocycles. The Morgan fingerprint density at radius 1 is 1.10 bits per heavy atom. The van der Waals surface area contributed by atoms with Gasteiger partial charge in [-0.05, 0) is 67.0 Å². The molecule has 6 rings (SSSR count). The molecule has 4 aliphatic rings. The maximum Gasteiger partial charge on any atom is 0.259 e. The van der Waals surface area contributed by atoms with Gasteiger partial charge in [0.25, 0.3) is 5.91 Å². The molecule has 2 saturated carbocycles. The Kier molecular flexibility index (Phi) is 9.51. The van der Waals surface area contributed by atoms with Crippen LogP contribution in [0.15, 0.2) is 43.1 Å². The van der Waals surface area contributed by atoms with Crippen molar-refractivity contribution in [3.63, 3.8) is 0 Å². The Balaban J connectivity index is 1.32. The zero-order chi connectivity index (χ0) is 35.1. The van der Waals surface area contributed by atoms with Gasteiger partial charge in [-0.3, -0.25) is 23.9 Å². The molecule has 0 radical (unpaired) electrons. The molecule has 0 spiro atoms. The highest BCUT2D eigenvalue weighted by atomic mass is 32.2. The SMILES string of the molecule is C=C[C@@H]1C[C@]1(NC(=O)[C@@H]1C[C@@H]2CN1C(=O)[C@H](C(C)(C)C)NC(=O)CCCCCCc1ccc3ccnc(c3c1)O2)C(=O)NS(=O)(=O)C1CC1. The summed E-state index contributed by atoms with van der Waals surface area (Å²) >= 11 is 0. The second-order valence-corrected chi connectivity index (χ2v) is 17.1. The molecule has 2 aliphatic carbocycles. The van der Waals surface area contributed by atoms with Crippen LogP contribution in [0.1, 0.15) is 84.1 Å². The fraction of sp³-hybridized carbons (Fsp3) is 0.583. The number of hydrogen-bond donors (Lipinski definition) is 3. The summed E-state index contributed by atoms with van der Waals surface area (Å²) in [4.78, 5) is 61.2. The molecule has 264 valence electrons. The average molecular weight is 694 g/mol. The average Bonchev–Trinajstić information content (AvgIpc) is 3.97. The van der Waals surface area contributed by atoms with Gasteiger partial charge in [-0.15, -0.1) is 6.58 Å². The van der Waals surface area contributed by atoms with Crippen LogP contribution in [0.2, 0.25) is 0 Å². The Morgan fingerprint density at radius 3 is 2.51 bits per heavy atom. The van der Waals surface area contributed by atoms with E-state index < -0.39 is 68.1 Å². The van der Waals surface area contributed by atoms with E-state index in [1.807, 2.05) is 32.9 Å². The second-order valence-electron chi connectivity index (χ2n) is 15.1. The van der Waals surface area contributed by atoms with E-state index in [9.17, 15) is 27.6 Å². The summed E-state index contributed by atoms with van der Waals surface area (Å²) in [6, 6.07) is 6.12.